The Hall–Kier alpha value is -6.65. The van der Waals surface area contributed by atoms with Crippen molar-refractivity contribution >= 4 is 35.5 Å². The molecule has 0 radical (unpaired) electrons. The maximum absolute atomic E-state index is 14.5. The van der Waals surface area contributed by atoms with E-state index >= 15 is 0 Å². The summed E-state index contributed by atoms with van der Waals surface area (Å²) in [6, 6.07) is 14.1. The van der Waals surface area contributed by atoms with E-state index in [4.69, 9.17) is 20.4 Å². The largest absolute Gasteiger partial charge is 0.490 e. The number of aliphatic carboxylic acids is 1. The number of halogens is 6. The van der Waals surface area contributed by atoms with E-state index in [9.17, 15) is 45.5 Å². The number of anilines is 1. The van der Waals surface area contributed by atoms with Gasteiger partial charge in [0.15, 0.2) is 5.69 Å². The zero-order chi connectivity index (χ0) is 49.7. The van der Waals surface area contributed by atoms with Gasteiger partial charge in [0.1, 0.15) is 17.3 Å². The number of aromatic nitrogens is 5. The van der Waals surface area contributed by atoms with Gasteiger partial charge in [-0.3, -0.25) is 19.3 Å². The molecule has 2 heterocycles. The number of aromatic amines is 1. The lowest BCUT2D eigenvalue weighted by Gasteiger charge is -2.36. The topological polar surface area (TPSA) is 239 Å². The SMILES string of the molecule is CCN(CC)CCNC(=O)c1ccc(-c2ccc(C[C@@H](C(N)=O)N(c3ccc(-c4nn[nH]n4)cc3)C(=O)[C@H]3CC[C@H](CNC(=O)OC(C)(C)C)CC3)cc2)c(C(F)(F)F)n1.O=C(O)C(F)(F)F. The van der Waals surface area contributed by atoms with Crippen LogP contribution in [-0.4, -0.2) is 116 Å². The van der Waals surface area contributed by atoms with Crippen molar-refractivity contribution in [3.8, 4) is 22.5 Å². The highest BCUT2D eigenvalue weighted by molar-refractivity contribution is 6.02. The zero-order valence-corrected chi connectivity index (χ0v) is 37.5. The highest BCUT2D eigenvalue weighted by Crippen LogP contribution is 2.37. The Balaban J connectivity index is 0.00000129. The van der Waals surface area contributed by atoms with Crippen LogP contribution in [0.1, 0.15) is 82.0 Å². The smallest absolute Gasteiger partial charge is 0.475 e. The van der Waals surface area contributed by atoms with Gasteiger partial charge in [0.05, 0.1) is 0 Å². The second-order valence-corrected chi connectivity index (χ2v) is 16.6. The molecule has 67 heavy (non-hydrogen) atoms. The van der Waals surface area contributed by atoms with Gasteiger partial charge in [-0.05, 0) is 118 Å². The minimum Gasteiger partial charge on any atom is -0.475 e. The molecule has 5 rings (SSSR count). The minimum absolute atomic E-state index is 0.0416. The fourth-order valence-corrected chi connectivity index (χ4v) is 7.22. The van der Waals surface area contributed by atoms with Crippen LogP contribution in [0.25, 0.3) is 22.5 Å². The number of carboxylic acid groups (broad SMARTS) is 1. The molecule has 2 aromatic heterocycles. The molecule has 0 unspecified atom stereocenters. The number of tetrazole rings is 1. The van der Waals surface area contributed by atoms with Gasteiger partial charge in [-0.2, -0.15) is 31.6 Å². The summed E-state index contributed by atoms with van der Waals surface area (Å²) in [5.74, 6) is -4.55. The number of likely N-dealkylation sites (N-methyl/N-ethyl adjacent to an activating group) is 1. The summed E-state index contributed by atoms with van der Waals surface area (Å²) in [6.45, 7) is 12.0. The molecule has 0 aliphatic heterocycles. The van der Waals surface area contributed by atoms with Crippen LogP contribution < -0.4 is 21.3 Å². The number of hydrogen-bond donors (Lipinski definition) is 5. The molecule has 1 aliphatic rings. The molecule has 364 valence electrons. The van der Waals surface area contributed by atoms with Crippen molar-refractivity contribution in [2.45, 2.75) is 90.7 Å². The number of alkyl halides is 6. The van der Waals surface area contributed by atoms with Gasteiger partial charge >= 0.3 is 24.4 Å². The Morgan fingerprint density at radius 1 is 0.866 bits per heavy atom. The van der Waals surface area contributed by atoms with Crippen molar-refractivity contribution in [3.63, 3.8) is 0 Å². The lowest BCUT2D eigenvalue weighted by Crippen LogP contribution is -2.52. The van der Waals surface area contributed by atoms with Gasteiger partial charge in [0.25, 0.3) is 5.91 Å². The molecule has 2 aromatic carbocycles. The van der Waals surface area contributed by atoms with Crippen LogP contribution in [0.15, 0.2) is 60.7 Å². The van der Waals surface area contributed by atoms with Crippen LogP contribution in [0.5, 0.6) is 0 Å². The Morgan fingerprint density at radius 3 is 1.97 bits per heavy atom. The number of ether oxygens (including phenoxy) is 1. The van der Waals surface area contributed by atoms with Crippen molar-refractivity contribution in [2.75, 3.05) is 37.6 Å². The van der Waals surface area contributed by atoms with Gasteiger partial charge in [-0.1, -0.05) is 38.1 Å². The van der Waals surface area contributed by atoms with Crippen LogP contribution in [0.2, 0.25) is 0 Å². The number of benzene rings is 2. The van der Waals surface area contributed by atoms with Crippen molar-refractivity contribution in [3.05, 3.63) is 77.6 Å². The van der Waals surface area contributed by atoms with E-state index in [0.717, 1.165) is 13.1 Å². The number of carbonyl (C=O) groups excluding carboxylic acids is 4. The molecule has 1 fully saturated rings. The average Bonchev–Trinajstić information content (AvgIpc) is 3.82. The molecule has 1 saturated carbocycles. The molecule has 0 saturated heterocycles. The lowest BCUT2D eigenvalue weighted by atomic mass is 9.81. The summed E-state index contributed by atoms with van der Waals surface area (Å²) in [7, 11) is 0. The monoisotopic (exact) mass is 948 g/mol. The summed E-state index contributed by atoms with van der Waals surface area (Å²) in [6.07, 6.45) is -8.19. The first-order valence-corrected chi connectivity index (χ1v) is 21.3. The minimum atomic E-state index is -5.08. The second kappa shape index (κ2) is 23.2. The summed E-state index contributed by atoms with van der Waals surface area (Å²) in [5.41, 5.74) is 5.34. The molecule has 6 N–H and O–H groups in total. The third-order valence-electron chi connectivity index (χ3n) is 10.7. The Labute approximate surface area is 382 Å². The zero-order valence-electron chi connectivity index (χ0n) is 37.5. The van der Waals surface area contributed by atoms with Gasteiger partial charge < -0.3 is 31.1 Å². The highest BCUT2D eigenvalue weighted by atomic mass is 19.4. The van der Waals surface area contributed by atoms with Crippen molar-refractivity contribution < 1.29 is 60.2 Å². The first kappa shape index (κ1) is 53.0. The van der Waals surface area contributed by atoms with E-state index in [1.54, 1.807) is 57.2 Å². The van der Waals surface area contributed by atoms with Gasteiger partial charge in [-0.25, -0.2) is 14.6 Å². The number of nitrogens with two attached hydrogens (primary N) is 1. The quantitative estimate of drug-likeness (QED) is 0.0766. The number of rotatable bonds is 16. The molecule has 1 atom stereocenters. The van der Waals surface area contributed by atoms with E-state index < -0.39 is 59.5 Å². The number of amides is 4. The third kappa shape index (κ3) is 15.7. The number of nitrogens with zero attached hydrogens (tertiary/aromatic N) is 6. The first-order valence-electron chi connectivity index (χ1n) is 21.3. The van der Waals surface area contributed by atoms with Gasteiger partial charge in [-0.15, -0.1) is 10.2 Å². The summed E-state index contributed by atoms with van der Waals surface area (Å²) < 4.78 is 80.2. The molecule has 4 aromatic rings. The molecule has 1 aliphatic carbocycles. The summed E-state index contributed by atoms with van der Waals surface area (Å²) in [5, 5.41) is 26.6. The number of carboxylic acids is 1. The maximum atomic E-state index is 14.5. The third-order valence-corrected chi connectivity index (χ3v) is 10.7. The van der Waals surface area contributed by atoms with E-state index in [2.05, 4.69) is 41.1 Å². The Kier molecular flexibility index (Phi) is 18.3. The standard InChI is InChI=1S/C42H53F3N10O5.C2HF3O2/c1-6-54(7-2)23-22-47-38(57)33-21-20-32(35(49-33)42(43,44)45)28-12-8-26(9-13-28)24-34(36(46)56)55(31-18-16-29(17-19-31)37-50-52-53-51-37)39(58)30-14-10-27(11-15-30)25-48-40(59)60-41(3,4)5;3-2(4,5)1(6)7/h8-9,12-13,16-21,27,30,34H,6-7,10-11,14-15,22-25H2,1-5H3,(H2,46,56)(H,47,57)(H,48,59)(H,50,51,52,53);(H,6,7)/t27-,30-,34-;/m0./s1. The van der Waals surface area contributed by atoms with E-state index in [1.807, 2.05) is 13.8 Å². The molecular weight excluding hydrogens is 895 g/mol. The predicted octanol–water partition coefficient (Wildman–Crippen LogP) is 6.41. The fraction of sp³-hybridized carbons (Fsp3) is 0.477. The van der Waals surface area contributed by atoms with Crippen LogP contribution in [0.3, 0.4) is 0 Å². The van der Waals surface area contributed by atoms with E-state index in [-0.39, 0.29) is 41.6 Å². The molecular formula is C44H54F6N10O7. The lowest BCUT2D eigenvalue weighted by molar-refractivity contribution is -0.192. The summed E-state index contributed by atoms with van der Waals surface area (Å²) >= 11 is 0. The molecule has 0 spiro atoms. The Bertz CT molecular complexity index is 2280. The number of carbonyl (C=O) groups is 5. The predicted molar refractivity (Wildman–Crippen MR) is 232 cm³/mol. The van der Waals surface area contributed by atoms with Gasteiger partial charge in [0.2, 0.25) is 17.6 Å². The first-order chi connectivity index (χ1) is 31.4. The second-order valence-electron chi connectivity index (χ2n) is 16.6. The number of H-pyrrole nitrogens is 1. The van der Waals surface area contributed by atoms with Crippen LogP contribution >= 0.6 is 0 Å². The van der Waals surface area contributed by atoms with Crippen LogP contribution in [0.4, 0.5) is 36.8 Å². The number of alkyl carbamates (subject to hydrolysis) is 1. The number of hydrogen-bond acceptors (Lipinski definition) is 11. The normalized spacial score (nSPS) is 15.7. The van der Waals surface area contributed by atoms with Crippen molar-refractivity contribution in [2.24, 2.45) is 17.6 Å². The molecule has 4 amide bonds. The van der Waals surface area contributed by atoms with Gasteiger partial charge in [0, 0.05) is 48.8 Å². The van der Waals surface area contributed by atoms with E-state index in [0.29, 0.717) is 61.4 Å². The molecule has 0 bridgehead atoms. The average molecular weight is 949 g/mol. The molecule has 23 heteroatoms. The van der Waals surface area contributed by atoms with Crippen molar-refractivity contribution in [1.29, 1.82) is 0 Å². The number of pyridine rings is 1. The fourth-order valence-electron chi connectivity index (χ4n) is 7.22. The van der Waals surface area contributed by atoms with Crippen LogP contribution in [-0.2, 0) is 31.7 Å². The molecule has 17 nitrogen and oxygen atoms in total. The Morgan fingerprint density at radius 2 is 1.46 bits per heavy atom. The number of primary amides is 1. The van der Waals surface area contributed by atoms with Crippen LogP contribution in [0, 0.1) is 11.8 Å². The van der Waals surface area contributed by atoms with Crippen molar-refractivity contribution in [1.82, 2.24) is 41.1 Å². The number of nitrogens with one attached hydrogen (secondary N) is 3. The maximum Gasteiger partial charge on any atom is 0.490 e. The highest BCUT2D eigenvalue weighted by Gasteiger charge is 2.39. The van der Waals surface area contributed by atoms with E-state index in [1.165, 1.54) is 29.2 Å². The summed E-state index contributed by atoms with van der Waals surface area (Å²) in [4.78, 5) is 68.9.